The van der Waals surface area contributed by atoms with Crippen LogP contribution in [-0.4, -0.2) is 19.0 Å². The molecule has 1 N–H and O–H groups in total. The molecule has 0 bridgehead atoms. The molecule has 27 heavy (non-hydrogen) atoms. The van der Waals surface area contributed by atoms with Gasteiger partial charge in [-0.2, -0.15) is 13.2 Å². The van der Waals surface area contributed by atoms with Crippen LogP contribution >= 0.6 is 23.2 Å². The lowest BCUT2D eigenvalue weighted by molar-refractivity contribution is -0.137. The largest absolute Gasteiger partial charge is 0.416 e. The standard InChI is InChI=1S/C19H17Cl2F3N2O/c20-13-5-6-15(21)14(11-13)18(27)25-16-10-12(19(22,23)24)4-7-17(16)26-8-2-1-3-9-26/h4-7,10-11H,1-3,8-9H2,(H,25,27). The Hall–Kier alpha value is -1.92. The zero-order valence-electron chi connectivity index (χ0n) is 14.2. The first-order chi connectivity index (χ1) is 12.8. The van der Waals surface area contributed by atoms with Crippen LogP contribution in [0.4, 0.5) is 24.5 Å². The van der Waals surface area contributed by atoms with E-state index in [0.717, 1.165) is 44.5 Å². The second kappa shape index (κ2) is 7.98. The Bertz CT molecular complexity index is 849. The van der Waals surface area contributed by atoms with Crippen molar-refractivity contribution in [3.63, 3.8) is 0 Å². The normalized spacial score (nSPS) is 14.9. The zero-order chi connectivity index (χ0) is 19.6. The first-order valence-electron chi connectivity index (χ1n) is 8.48. The topological polar surface area (TPSA) is 32.3 Å². The van der Waals surface area contributed by atoms with Crippen molar-refractivity contribution in [3.05, 3.63) is 57.6 Å². The highest BCUT2D eigenvalue weighted by Crippen LogP contribution is 2.36. The molecule has 3 nitrogen and oxygen atoms in total. The molecule has 0 atom stereocenters. The van der Waals surface area contributed by atoms with E-state index in [1.54, 1.807) is 0 Å². The fourth-order valence-electron chi connectivity index (χ4n) is 3.08. The third-order valence-corrected chi connectivity index (χ3v) is 5.01. The van der Waals surface area contributed by atoms with Crippen LogP contribution in [0.1, 0.15) is 35.2 Å². The van der Waals surface area contributed by atoms with Gasteiger partial charge in [0, 0.05) is 18.1 Å². The molecule has 1 amide bonds. The maximum atomic E-state index is 13.2. The lowest BCUT2D eigenvalue weighted by Gasteiger charge is -2.31. The molecule has 0 saturated carbocycles. The van der Waals surface area contributed by atoms with Crippen LogP contribution < -0.4 is 10.2 Å². The molecule has 0 unspecified atom stereocenters. The summed E-state index contributed by atoms with van der Waals surface area (Å²) in [5, 5.41) is 3.06. The average Bonchev–Trinajstić information content (AvgIpc) is 2.63. The Morgan fingerprint density at radius 3 is 2.37 bits per heavy atom. The van der Waals surface area contributed by atoms with Crippen molar-refractivity contribution < 1.29 is 18.0 Å². The van der Waals surface area contributed by atoms with Gasteiger partial charge in [0.15, 0.2) is 0 Å². The number of halogens is 5. The van der Waals surface area contributed by atoms with Crippen molar-refractivity contribution in [2.24, 2.45) is 0 Å². The van der Waals surface area contributed by atoms with E-state index in [9.17, 15) is 18.0 Å². The van der Waals surface area contributed by atoms with Gasteiger partial charge in [0.05, 0.1) is 27.5 Å². The number of carbonyl (C=O) groups excluding carboxylic acids is 1. The van der Waals surface area contributed by atoms with Gasteiger partial charge in [-0.3, -0.25) is 4.79 Å². The van der Waals surface area contributed by atoms with Gasteiger partial charge in [0.2, 0.25) is 0 Å². The Morgan fingerprint density at radius 1 is 1.00 bits per heavy atom. The van der Waals surface area contributed by atoms with E-state index in [1.807, 2.05) is 4.90 Å². The SMILES string of the molecule is O=C(Nc1cc(C(F)(F)F)ccc1N1CCCCC1)c1cc(Cl)ccc1Cl. The highest BCUT2D eigenvalue weighted by atomic mass is 35.5. The fraction of sp³-hybridized carbons (Fsp3) is 0.316. The Balaban J connectivity index is 1.97. The molecular formula is C19H17Cl2F3N2O. The highest BCUT2D eigenvalue weighted by Gasteiger charge is 2.32. The number of nitrogens with zero attached hydrogens (tertiary/aromatic N) is 1. The van der Waals surface area contributed by atoms with Gasteiger partial charge in [0.1, 0.15) is 0 Å². The van der Waals surface area contributed by atoms with E-state index in [-0.39, 0.29) is 16.3 Å². The van der Waals surface area contributed by atoms with Gasteiger partial charge in [-0.25, -0.2) is 0 Å². The van der Waals surface area contributed by atoms with E-state index >= 15 is 0 Å². The second-order valence-electron chi connectivity index (χ2n) is 6.36. The molecule has 2 aromatic rings. The van der Waals surface area contributed by atoms with Crippen LogP contribution in [0.3, 0.4) is 0 Å². The monoisotopic (exact) mass is 416 g/mol. The summed E-state index contributed by atoms with van der Waals surface area (Å²) < 4.78 is 39.5. The van der Waals surface area contributed by atoms with Gasteiger partial charge in [-0.15, -0.1) is 0 Å². The van der Waals surface area contributed by atoms with Crippen LogP contribution in [0.25, 0.3) is 0 Å². The number of hydrogen-bond acceptors (Lipinski definition) is 2. The molecule has 144 valence electrons. The summed E-state index contributed by atoms with van der Waals surface area (Å²) in [4.78, 5) is 14.6. The molecule has 1 aliphatic rings. The minimum absolute atomic E-state index is 0.103. The number of alkyl halides is 3. The number of piperidine rings is 1. The number of nitrogens with one attached hydrogen (secondary N) is 1. The molecule has 1 heterocycles. The van der Waals surface area contributed by atoms with E-state index < -0.39 is 17.6 Å². The quantitative estimate of drug-likeness (QED) is 0.640. The zero-order valence-corrected chi connectivity index (χ0v) is 15.8. The summed E-state index contributed by atoms with van der Waals surface area (Å²) in [7, 11) is 0. The van der Waals surface area contributed by atoms with Crippen molar-refractivity contribution in [3.8, 4) is 0 Å². The van der Waals surface area contributed by atoms with Gasteiger partial charge >= 0.3 is 6.18 Å². The molecule has 1 saturated heterocycles. The Labute approximate surface area is 165 Å². The van der Waals surface area contributed by atoms with Crippen molar-refractivity contribution in [1.82, 2.24) is 0 Å². The Kier molecular flexibility index (Phi) is 5.86. The van der Waals surface area contributed by atoms with Crippen molar-refractivity contribution in [2.45, 2.75) is 25.4 Å². The van der Waals surface area contributed by atoms with Crippen molar-refractivity contribution >= 4 is 40.5 Å². The maximum absolute atomic E-state index is 13.2. The van der Waals surface area contributed by atoms with Crippen LogP contribution in [-0.2, 0) is 6.18 Å². The minimum Gasteiger partial charge on any atom is -0.370 e. The van der Waals surface area contributed by atoms with E-state index in [1.165, 1.54) is 24.3 Å². The first kappa shape index (κ1) is 19.8. The van der Waals surface area contributed by atoms with Gasteiger partial charge < -0.3 is 10.2 Å². The molecule has 2 aromatic carbocycles. The van der Waals surface area contributed by atoms with E-state index in [4.69, 9.17) is 23.2 Å². The smallest absolute Gasteiger partial charge is 0.370 e. The molecular weight excluding hydrogens is 400 g/mol. The van der Waals surface area contributed by atoms with E-state index in [0.29, 0.717) is 10.7 Å². The summed E-state index contributed by atoms with van der Waals surface area (Å²) in [5.41, 5.74) is -0.0520. The van der Waals surface area contributed by atoms with Crippen LogP contribution in [0.5, 0.6) is 0 Å². The van der Waals surface area contributed by atoms with Gasteiger partial charge in [-0.1, -0.05) is 23.2 Å². The summed E-state index contributed by atoms with van der Waals surface area (Å²) in [6, 6.07) is 7.78. The number of anilines is 2. The summed E-state index contributed by atoms with van der Waals surface area (Å²) in [6.45, 7) is 1.46. The van der Waals surface area contributed by atoms with Crippen LogP contribution in [0.2, 0.25) is 10.0 Å². The molecule has 0 aliphatic carbocycles. The van der Waals surface area contributed by atoms with Gasteiger partial charge in [-0.05, 0) is 55.7 Å². The molecule has 1 aliphatic heterocycles. The van der Waals surface area contributed by atoms with Crippen LogP contribution in [0, 0.1) is 0 Å². The molecule has 0 aromatic heterocycles. The highest BCUT2D eigenvalue weighted by molar-refractivity contribution is 6.36. The molecule has 3 rings (SSSR count). The molecule has 1 fully saturated rings. The fourth-order valence-corrected chi connectivity index (χ4v) is 3.46. The number of carbonyl (C=O) groups is 1. The number of rotatable bonds is 3. The van der Waals surface area contributed by atoms with Crippen molar-refractivity contribution in [1.29, 1.82) is 0 Å². The van der Waals surface area contributed by atoms with Crippen molar-refractivity contribution in [2.75, 3.05) is 23.3 Å². The first-order valence-corrected chi connectivity index (χ1v) is 9.24. The van der Waals surface area contributed by atoms with Crippen LogP contribution in [0.15, 0.2) is 36.4 Å². The lowest BCUT2D eigenvalue weighted by Crippen LogP contribution is -2.30. The van der Waals surface area contributed by atoms with Gasteiger partial charge in [0.25, 0.3) is 5.91 Å². The summed E-state index contributed by atoms with van der Waals surface area (Å²) in [5.74, 6) is -0.611. The predicted octanol–water partition coefficient (Wildman–Crippen LogP) is 6.25. The Morgan fingerprint density at radius 2 is 1.70 bits per heavy atom. The minimum atomic E-state index is -4.51. The predicted molar refractivity (Wildman–Crippen MR) is 102 cm³/mol. The molecule has 8 heteroatoms. The third kappa shape index (κ3) is 4.68. The average molecular weight is 417 g/mol. The lowest BCUT2D eigenvalue weighted by atomic mass is 10.1. The molecule has 0 spiro atoms. The third-order valence-electron chi connectivity index (χ3n) is 4.44. The summed E-state index contributed by atoms with van der Waals surface area (Å²) >= 11 is 11.9. The second-order valence-corrected chi connectivity index (χ2v) is 7.20. The summed E-state index contributed by atoms with van der Waals surface area (Å²) in [6.07, 6.45) is -1.52. The van der Waals surface area contributed by atoms with E-state index in [2.05, 4.69) is 5.32 Å². The maximum Gasteiger partial charge on any atom is 0.416 e. The number of hydrogen-bond donors (Lipinski definition) is 1. The number of benzene rings is 2. The number of amides is 1. The molecule has 0 radical (unpaired) electrons.